The van der Waals surface area contributed by atoms with Crippen LogP contribution in [0.1, 0.15) is 17.2 Å². The Morgan fingerprint density at radius 3 is 2.67 bits per heavy atom. The minimum Gasteiger partial charge on any atom is -0.371 e. The Bertz CT molecular complexity index is 602. The van der Waals surface area contributed by atoms with Gasteiger partial charge in [0.15, 0.2) is 0 Å². The highest BCUT2D eigenvalue weighted by Gasteiger charge is 2.23. The fraction of sp³-hybridized carbons (Fsp3) is 0.294. The molecule has 110 valence electrons. The van der Waals surface area contributed by atoms with Gasteiger partial charge in [0.1, 0.15) is 5.82 Å². The van der Waals surface area contributed by atoms with Crippen molar-refractivity contribution in [3.63, 3.8) is 0 Å². The number of hydrogen-bond donors (Lipinski definition) is 0. The van der Waals surface area contributed by atoms with Crippen LogP contribution < -0.4 is 0 Å². The van der Waals surface area contributed by atoms with Crippen LogP contribution in [0.25, 0.3) is 0 Å². The van der Waals surface area contributed by atoms with Crippen molar-refractivity contribution < 1.29 is 9.13 Å². The van der Waals surface area contributed by atoms with E-state index in [0.717, 1.165) is 35.8 Å². The first-order valence-electron chi connectivity index (χ1n) is 7.05. The van der Waals surface area contributed by atoms with Gasteiger partial charge in [0.25, 0.3) is 0 Å². The average molecular weight is 306 g/mol. The van der Waals surface area contributed by atoms with E-state index in [-0.39, 0.29) is 11.9 Å². The van der Waals surface area contributed by atoms with E-state index in [9.17, 15) is 4.39 Å². The third kappa shape index (κ3) is 3.62. The Morgan fingerprint density at radius 2 is 1.90 bits per heavy atom. The summed E-state index contributed by atoms with van der Waals surface area (Å²) in [4.78, 5) is 2.31. The molecule has 4 heteroatoms. The topological polar surface area (TPSA) is 12.5 Å². The van der Waals surface area contributed by atoms with Crippen LogP contribution in [0.2, 0.25) is 5.02 Å². The van der Waals surface area contributed by atoms with Crippen LogP contribution in [-0.4, -0.2) is 24.6 Å². The Labute approximate surface area is 129 Å². The van der Waals surface area contributed by atoms with E-state index in [1.54, 1.807) is 0 Å². The zero-order valence-electron chi connectivity index (χ0n) is 11.6. The zero-order chi connectivity index (χ0) is 14.7. The van der Waals surface area contributed by atoms with Crippen molar-refractivity contribution in [3.8, 4) is 0 Å². The average Bonchev–Trinajstić information content (AvgIpc) is 2.50. The fourth-order valence-electron chi connectivity index (χ4n) is 2.62. The Hall–Kier alpha value is -1.42. The number of nitrogens with zero attached hydrogens (tertiary/aromatic N) is 1. The highest BCUT2D eigenvalue weighted by atomic mass is 35.5. The molecule has 0 amide bonds. The summed E-state index contributed by atoms with van der Waals surface area (Å²) in [5.74, 6) is -0.199. The second-order valence-electron chi connectivity index (χ2n) is 5.24. The minimum atomic E-state index is -0.199. The van der Waals surface area contributed by atoms with Crippen LogP contribution in [0, 0.1) is 5.82 Å². The van der Waals surface area contributed by atoms with Crippen LogP contribution in [0.5, 0.6) is 0 Å². The van der Waals surface area contributed by atoms with Gasteiger partial charge in [-0.2, -0.15) is 0 Å². The molecule has 0 spiro atoms. The van der Waals surface area contributed by atoms with Gasteiger partial charge in [-0.1, -0.05) is 41.9 Å². The maximum absolute atomic E-state index is 12.9. The highest BCUT2D eigenvalue weighted by Crippen LogP contribution is 2.28. The van der Waals surface area contributed by atoms with Crippen LogP contribution in [-0.2, 0) is 11.3 Å². The standard InChI is InChI=1S/C17H17ClFNO/c18-16-4-2-1-3-15(16)17-12-20(9-10-21-17)11-13-5-7-14(19)8-6-13/h1-8,17H,9-12H2. The van der Waals surface area contributed by atoms with E-state index in [2.05, 4.69) is 4.90 Å². The predicted octanol–water partition coefficient (Wildman–Crippen LogP) is 4.05. The number of morpholine rings is 1. The van der Waals surface area contributed by atoms with Gasteiger partial charge >= 0.3 is 0 Å². The minimum absolute atomic E-state index is 0.00658. The number of halogens is 2. The predicted molar refractivity (Wildman–Crippen MR) is 81.8 cm³/mol. The lowest BCUT2D eigenvalue weighted by Gasteiger charge is -2.33. The lowest BCUT2D eigenvalue weighted by atomic mass is 10.1. The first-order valence-corrected chi connectivity index (χ1v) is 7.43. The van der Waals surface area contributed by atoms with Gasteiger partial charge in [-0.25, -0.2) is 4.39 Å². The monoisotopic (exact) mass is 305 g/mol. The summed E-state index contributed by atoms with van der Waals surface area (Å²) >= 11 is 6.24. The van der Waals surface area contributed by atoms with Crippen LogP contribution in [0.3, 0.4) is 0 Å². The summed E-state index contributed by atoms with van der Waals surface area (Å²) in [7, 11) is 0. The quantitative estimate of drug-likeness (QED) is 0.848. The Kier molecular flexibility index (Phi) is 4.54. The van der Waals surface area contributed by atoms with Gasteiger partial charge in [0.2, 0.25) is 0 Å². The summed E-state index contributed by atoms with van der Waals surface area (Å²) in [5, 5.41) is 0.742. The normalized spacial score (nSPS) is 19.6. The van der Waals surface area contributed by atoms with Gasteiger partial charge in [-0.05, 0) is 23.8 Å². The molecule has 1 atom stereocenters. The molecule has 0 aromatic heterocycles. The molecule has 3 rings (SSSR count). The van der Waals surface area contributed by atoms with Crippen molar-refractivity contribution >= 4 is 11.6 Å². The Morgan fingerprint density at radius 1 is 1.14 bits per heavy atom. The van der Waals surface area contributed by atoms with E-state index in [1.807, 2.05) is 36.4 Å². The fourth-order valence-corrected chi connectivity index (χ4v) is 2.88. The summed E-state index contributed by atoms with van der Waals surface area (Å²) < 4.78 is 18.8. The van der Waals surface area contributed by atoms with Gasteiger partial charge < -0.3 is 4.74 Å². The Balaban J connectivity index is 1.68. The van der Waals surface area contributed by atoms with Crippen molar-refractivity contribution in [2.75, 3.05) is 19.7 Å². The SMILES string of the molecule is Fc1ccc(CN2CCOC(c3ccccc3Cl)C2)cc1. The maximum Gasteiger partial charge on any atom is 0.123 e. The lowest BCUT2D eigenvalue weighted by Crippen LogP contribution is -2.37. The van der Waals surface area contributed by atoms with Gasteiger partial charge in [-0.3, -0.25) is 4.90 Å². The molecule has 0 aliphatic carbocycles. The maximum atomic E-state index is 12.9. The third-order valence-corrected chi connectivity index (χ3v) is 4.07. The molecule has 2 aromatic rings. The van der Waals surface area contributed by atoms with Crippen molar-refractivity contribution in [3.05, 3.63) is 70.5 Å². The number of benzene rings is 2. The summed E-state index contributed by atoms with van der Waals surface area (Å²) in [6.45, 7) is 3.14. The molecule has 1 heterocycles. The van der Waals surface area contributed by atoms with E-state index in [4.69, 9.17) is 16.3 Å². The molecule has 1 aliphatic heterocycles. The van der Waals surface area contributed by atoms with E-state index >= 15 is 0 Å². The van der Waals surface area contributed by atoms with Crippen LogP contribution >= 0.6 is 11.6 Å². The molecule has 1 saturated heterocycles. The van der Waals surface area contributed by atoms with Crippen molar-refractivity contribution in [1.82, 2.24) is 4.90 Å². The smallest absolute Gasteiger partial charge is 0.123 e. The largest absolute Gasteiger partial charge is 0.371 e. The van der Waals surface area contributed by atoms with Gasteiger partial charge in [0.05, 0.1) is 12.7 Å². The van der Waals surface area contributed by atoms with Gasteiger partial charge in [-0.15, -0.1) is 0 Å². The molecule has 1 aliphatic rings. The molecule has 2 aromatic carbocycles. The van der Waals surface area contributed by atoms with Crippen LogP contribution in [0.4, 0.5) is 4.39 Å². The van der Waals surface area contributed by atoms with E-state index in [0.29, 0.717) is 6.61 Å². The summed E-state index contributed by atoms with van der Waals surface area (Å²) in [5.41, 5.74) is 2.14. The molecule has 0 radical (unpaired) electrons. The summed E-state index contributed by atoms with van der Waals surface area (Å²) in [6.07, 6.45) is -0.00658. The molecule has 1 fully saturated rings. The van der Waals surface area contributed by atoms with E-state index in [1.165, 1.54) is 12.1 Å². The number of hydrogen-bond acceptors (Lipinski definition) is 2. The zero-order valence-corrected chi connectivity index (χ0v) is 12.4. The van der Waals surface area contributed by atoms with Gasteiger partial charge in [0, 0.05) is 30.2 Å². The summed E-state index contributed by atoms with van der Waals surface area (Å²) in [6, 6.07) is 14.5. The number of rotatable bonds is 3. The molecular formula is C17H17ClFNO. The molecule has 21 heavy (non-hydrogen) atoms. The highest BCUT2D eigenvalue weighted by molar-refractivity contribution is 6.31. The molecule has 0 saturated carbocycles. The third-order valence-electron chi connectivity index (χ3n) is 3.72. The van der Waals surface area contributed by atoms with Crippen molar-refractivity contribution in [2.24, 2.45) is 0 Å². The molecule has 0 N–H and O–H groups in total. The molecule has 0 bridgehead atoms. The number of ether oxygens (including phenoxy) is 1. The second-order valence-corrected chi connectivity index (χ2v) is 5.65. The first kappa shape index (κ1) is 14.5. The second kappa shape index (κ2) is 6.56. The van der Waals surface area contributed by atoms with Crippen LogP contribution in [0.15, 0.2) is 48.5 Å². The van der Waals surface area contributed by atoms with Crippen molar-refractivity contribution in [2.45, 2.75) is 12.6 Å². The lowest BCUT2D eigenvalue weighted by molar-refractivity contribution is -0.0328. The van der Waals surface area contributed by atoms with Crippen molar-refractivity contribution in [1.29, 1.82) is 0 Å². The molecule has 2 nitrogen and oxygen atoms in total. The molecular weight excluding hydrogens is 289 g/mol. The van der Waals surface area contributed by atoms with E-state index < -0.39 is 0 Å². The first-order chi connectivity index (χ1) is 10.2. The molecule has 1 unspecified atom stereocenters.